The highest BCUT2D eigenvalue weighted by Crippen LogP contribution is 2.28. The lowest BCUT2D eigenvalue weighted by molar-refractivity contribution is 1.33. The fourth-order valence-corrected chi connectivity index (χ4v) is 3.03. The molecule has 0 aliphatic carbocycles. The Kier molecular flexibility index (Phi) is 3.67. The Morgan fingerprint density at radius 1 is 1.00 bits per heavy atom. The number of para-hydroxylation sites is 1. The molecule has 0 fully saturated rings. The van der Waals surface area contributed by atoms with Crippen molar-refractivity contribution in [1.29, 1.82) is 5.26 Å². The van der Waals surface area contributed by atoms with Crippen molar-refractivity contribution < 1.29 is 0 Å². The summed E-state index contributed by atoms with van der Waals surface area (Å²) in [5.74, 6) is 0.876. The molecule has 20 heavy (non-hydrogen) atoms. The lowest BCUT2D eigenvalue weighted by Gasteiger charge is -2.05. The maximum atomic E-state index is 8.79. The highest BCUT2D eigenvalue weighted by atomic mass is 32.2. The molecule has 0 amide bonds. The second-order valence-corrected chi connectivity index (χ2v) is 5.45. The lowest BCUT2D eigenvalue weighted by Crippen LogP contribution is -1.84. The monoisotopic (exact) mass is 276 g/mol. The highest BCUT2D eigenvalue weighted by molar-refractivity contribution is 7.98. The van der Waals surface area contributed by atoms with Gasteiger partial charge in [0.1, 0.15) is 0 Å². The number of aromatic nitrogens is 1. The van der Waals surface area contributed by atoms with Gasteiger partial charge in [0.2, 0.25) is 0 Å². The first-order chi connectivity index (χ1) is 9.86. The molecule has 0 aliphatic heterocycles. The van der Waals surface area contributed by atoms with Gasteiger partial charge in [0.25, 0.3) is 0 Å². The van der Waals surface area contributed by atoms with Crippen LogP contribution in [0, 0.1) is 11.3 Å². The number of rotatable bonds is 3. The molecule has 0 spiro atoms. The maximum Gasteiger partial charge on any atom is 0.0991 e. The zero-order chi connectivity index (χ0) is 13.8. The van der Waals surface area contributed by atoms with Crippen molar-refractivity contribution in [3.8, 4) is 6.07 Å². The van der Waals surface area contributed by atoms with Gasteiger partial charge in [0, 0.05) is 22.2 Å². The molecule has 2 aromatic carbocycles. The Bertz CT molecular complexity index is 768. The van der Waals surface area contributed by atoms with E-state index in [0.717, 1.165) is 16.7 Å². The van der Waals surface area contributed by atoms with Gasteiger partial charge in [-0.1, -0.05) is 30.3 Å². The Morgan fingerprint density at radius 3 is 2.60 bits per heavy atom. The van der Waals surface area contributed by atoms with Crippen LogP contribution in [0.4, 0.5) is 0 Å². The summed E-state index contributed by atoms with van der Waals surface area (Å²) in [6, 6.07) is 20.1. The van der Waals surface area contributed by atoms with Crippen LogP contribution in [-0.4, -0.2) is 4.98 Å². The van der Waals surface area contributed by atoms with Gasteiger partial charge in [-0.05, 0) is 29.8 Å². The average Bonchev–Trinajstić information content (AvgIpc) is 2.53. The van der Waals surface area contributed by atoms with Crippen LogP contribution >= 0.6 is 11.8 Å². The molecule has 1 aromatic heterocycles. The summed E-state index contributed by atoms with van der Waals surface area (Å²) in [5, 5.41) is 9.96. The third kappa shape index (κ3) is 2.66. The van der Waals surface area contributed by atoms with Crippen LogP contribution in [-0.2, 0) is 5.75 Å². The van der Waals surface area contributed by atoms with Crippen molar-refractivity contribution in [3.05, 3.63) is 71.9 Å². The molecule has 0 bridgehead atoms. The van der Waals surface area contributed by atoms with Gasteiger partial charge in [0.15, 0.2) is 0 Å². The van der Waals surface area contributed by atoms with Gasteiger partial charge in [0.05, 0.1) is 17.1 Å². The van der Waals surface area contributed by atoms with Crippen LogP contribution in [0.5, 0.6) is 0 Å². The molecular formula is C17H12N2S. The Labute approximate surface area is 122 Å². The van der Waals surface area contributed by atoms with E-state index < -0.39 is 0 Å². The summed E-state index contributed by atoms with van der Waals surface area (Å²) in [6.07, 6.45) is 1.83. The average molecular weight is 276 g/mol. The fraction of sp³-hybridized carbons (Fsp3) is 0.0588. The molecule has 0 N–H and O–H groups in total. The quantitative estimate of drug-likeness (QED) is 0.665. The minimum atomic E-state index is 0.700. The van der Waals surface area contributed by atoms with Crippen LogP contribution in [0.2, 0.25) is 0 Å². The van der Waals surface area contributed by atoms with Gasteiger partial charge in [-0.15, -0.1) is 11.8 Å². The minimum absolute atomic E-state index is 0.700. The van der Waals surface area contributed by atoms with Crippen LogP contribution in [0.15, 0.2) is 65.7 Å². The highest BCUT2D eigenvalue weighted by Gasteiger charge is 2.03. The zero-order valence-electron chi connectivity index (χ0n) is 10.8. The molecule has 0 atom stereocenters. The number of nitriles is 1. The number of nitrogens with zero attached hydrogens (tertiary/aromatic N) is 2. The van der Waals surface area contributed by atoms with Crippen molar-refractivity contribution in [2.75, 3.05) is 0 Å². The van der Waals surface area contributed by atoms with Crippen LogP contribution in [0.3, 0.4) is 0 Å². The first-order valence-corrected chi connectivity index (χ1v) is 7.31. The van der Waals surface area contributed by atoms with Crippen molar-refractivity contribution in [2.45, 2.75) is 10.6 Å². The molecule has 1 heterocycles. The van der Waals surface area contributed by atoms with Crippen LogP contribution < -0.4 is 0 Å². The molecule has 96 valence electrons. The Balaban J connectivity index is 1.81. The second kappa shape index (κ2) is 5.77. The number of hydrogen-bond acceptors (Lipinski definition) is 3. The Morgan fingerprint density at radius 2 is 1.80 bits per heavy atom. The molecule has 3 aromatic rings. The molecule has 3 heteroatoms. The summed E-state index contributed by atoms with van der Waals surface area (Å²) in [6.45, 7) is 0. The van der Waals surface area contributed by atoms with E-state index >= 15 is 0 Å². The predicted octanol–water partition coefficient (Wildman–Crippen LogP) is 4.40. The molecule has 0 radical (unpaired) electrons. The standard InChI is InChI=1S/C17H12N2S/c18-11-13-6-8-14(9-7-13)12-20-16-5-1-3-15-4-2-10-19-17(15)16/h1-10H,12H2. The van der Waals surface area contributed by atoms with Crippen molar-refractivity contribution >= 4 is 22.7 Å². The number of benzene rings is 2. The minimum Gasteiger partial charge on any atom is -0.255 e. The van der Waals surface area contributed by atoms with Crippen molar-refractivity contribution in [2.24, 2.45) is 0 Å². The van der Waals surface area contributed by atoms with Gasteiger partial charge in [-0.25, -0.2) is 0 Å². The predicted molar refractivity (Wildman–Crippen MR) is 82.5 cm³/mol. The van der Waals surface area contributed by atoms with E-state index in [1.165, 1.54) is 10.5 Å². The van der Waals surface area contributed by atoms with E-state index in [-0.39, 0.29) is 0 Å². The summed E-state index contributed by atoms with van der Waals surface area (Å²) >= 11 is 1.77. The summed E-state index contributed by atoms with van der Waals surface area (Å²) in [5.41, 5.74) is 2.96. The number of fused-ring (bicyclic) bond motifs is 1. The first-order valence-electron chi connectivity index (χ1n) is 6.32. The van der Waals surface area contributed by atoms with E-state index in [4.69, 9.17) is 5.26 Å². The molecule has 3 rings (SSSR count). The number of pyridine rings is 1. The number of hydrogen-bond donors (Lipinski definition) is 0. The van der Waals surface area contributed by atoms with Gasteiger partial charge in [-0.2, -0.15) is 5.26 Å². The third-order valence-electron chi connectivity index (χ3n) is 3.07. The summed E-state index contributed by atoms with van der Waals surface area (Å²) < 4.78 is 0. The van der Waals surface area contributed by atoms with Crippen LogP contribution in [0.1, 0.15) is 11.1 Å². The fourth-order valence-electron chi connectivity index (χ4n) is 2.03. The van der Waals surface area contributed by atoms with E-state index in [0.29, 0.717) is 5.56 Å². The second-order valence-electron chi connectivity index (χ2n) is 4.43. The third-order valence-corrected chi connectivity index (χ3v) is 4.19. The smallest absolute Gasteiger partial charge is 0.0991 e. The first kappa shape index (κ1) is 12.7. The summed E-state index contributed by atoms with van der Waals surface area (Å²) in [7, 11) is 0. The molecule has 0 saturated carbocycles. The van der Waals surface area contributed by atoms with Crippen LogP contribution in [0.25, 0.3) is 10.9 Å². The van der Waals surface area contributed by atoms with Gasteiger partial charge in [-0.3, -0.25) is 4.98 Å². The van der Waals surface area contributed by atoms with E-state index in [9.17, 15) is 0 Å². The van der Waals surface area contributed by atoms with E-state index in [2.05, 4.69) is 35.3 Å². The largest absolute Gasteiger partial charge is 0.255 e. The van der Waals surface area contributed by atoms with E-state index in [1.807, 2.05) is 36.5 Å². The maximum absolute atomic E-state index is 8.79. The molecule has 2 nitrogen and oxygen atoms in total. The lowest BCUT2D eigenvalue weighted by atomic mass is 10.2. The molecule has 0 unspecified atom stereocenters. The zero-order valence-corrected chi connectivity index (χ0v) is 11.6. The number of thioether (sulfide) groups is 1. The van der Waals surface area contributed by atoms with Crippen molar-refractivity contribution in [1.82, 2.24) is 4.98 Å². The summed E-state index contributed by atoms with van der Waals surface area (Å²) in [4.78, 5) is 5.64. The molecular weight excluding hydrogens is 264 g/mol. The topological polar surface area (TPSA) is 36.7 Å². The van der Waals surface area contributed by atoms with Gasteiger partial charge < -0.3 is 0 Å². The SMILES string of the molecule is N#Cc1ccc(CSc2cccc3cccnc23)cc1. The van der Waals surface area contributed by atoms with Gasteiger partial charge >= 0.3 is 0 Å². The molecule has 0 aliphatic rings. The van der Waals surface area contributed by atoms with Crippen molar-refractivity contribution in [3.63, 3.8) is 0 Å². The normalized spacial score (nSPS) is 10.3. The Hall–Kier alpha value is -2.31. The molecule has 0 saturated heterocycles. The van der Waals surface area contributed by atoms with E-state index in [1.54, 1.807) is 11.8 Å².